The van der Waals surface area contributed by atoms with Crippen molar-refractivity contribution < 1.29 is 19.4 Å². The van der Waals surface area contributed by atoms with Crippen LogP contribution in [0.15, 0.2) is 0 Å². The second-order valence-electron chi connectivity index (χ2n) is 4.53. The van der Waals surface area contributed by atoms with Crippen LogP contribution in [0.5, 0.6) is 0 Å². The lowest BCUT2D eigenvalue weighted by Crippen LogP contribution is -2.54. The number of carbonyl (C=O) groups is 2. The standard InChI is InChI=1S/C11H20N2O4/c1-7(2)9(10(14)15)13-11(16)12-6-8-4-3-5-17-8/h7-9H,3-6H2,1-2H3,(H,14,15)(H2,12,13,16)/p-1/t8-,9+/m1/s1. The molecule has 2 atom stereocenters. The van der Waals surface area contributed by atoms with Crippen LogP contribution in [-0.4, -0.2) is 37.3 Å². The zero-order chi connectivity index (χ0) is 12.8. The van der Waals surface area contributed by atoms with E-state index in [1.165, 1.54) is 0 Å². The van der Waals surface area contributed by atoms with E-state index in [-0.39, 0.29) is 12.0 Å². The van der Waals surface area contributed by atoms with Gasteiger partial charge in [-0.3, -0.25) is 0 Å². The highest BCUT2D eigenvalue weighted by Crippen LogP contribution is 2.10. The summed E-state index contributed by atoms with van der Waals surface area (Å²) in [7, 11) is 0. The number of ether oxygens (including phenoxy) is 1. The van der Waals surface area contributed by atoms with E-state index in [4.69, 9.17) is 4.74 Å². The molecule has 1 heterocycles. The van der Waals surface area contributed by atoms with E-state index in [1.807, 2.05) is 0 Å². The highest BCUT2D eigenvalue weighted by molar-refractivity contribution is 5.81. The Bertz CT molecular complexity index is 275. The first kappa shape index (κ1) is 13.8. The van der Waals surface area contributed by atoms with Gasteiger partial charge in [-0.2, -0.15) is 0 Å². The molecule has 6 nitrogen and oxygen atoms in total. The summed E-state index contributed by atoms with van der Waals surface area (Å²) in [6, 6.07) is -1.47. The summed E-state index contributed by atoms with van der Waals surface area (Å²) in [4.78, 5) is 22.2. The Morgan fingerprint density at radius 1 is 1.47 bits per heavy atom. The molecule has 1 rings (SSSR count). The lowest BCUT2D eigenvalue weighted by Gasteiger charge is -2.23. The zero-order valence-corrected chi connectivity index (χ0v) is 10.2. The van der Waals surface area contributed by atoms with Gasteiger partial charge < -0.3 is 25.3 Å². The summed E-state index contributed by atoms with van der Waals surface area (Å²) < 4.78 is 5.33. The molecule has 1 aliphatic heterocycles. The lowest BCUT2D eigenvalue weighted by molar-refractivity contribution is -0.309. The molecule has 98 valence electrons. The molecule has 1 aliphatic rings. The molecular formula is C11H19N2O4-. The second kappa shape index (κ2) is 6.44. The van der Waals surface area contributed by atoms with Gasteiger partial charge in [0.1, 0.15) is 0 Å². The minimum Gasteiger partial charge on any atom is -0.548 e. The van der Waals surface area contributed by atoms with Gasteiger partial charge in [-0.15, -0.1) is 0 Å². The van der Waals surface area contributed by atoms with Crippen LogP contribution in [0.25, 0.3) is 0 Å². The SMILES string of the molecule is CC(C)[C@H](NC(=O)NC[C@H]1CCCO1)C(=O)[O-]. The zero-order valence-electron chi connectivity index (χ0n) is 10.2. The Morgan fingerprint density at radius 3 is 2.65 bits per heavy atom. The van der Waals surface area contributed by atoms with Gasteiger partial charge in [0.15, 0.2) is 0 Å². The lowest BCUT2D eigenvalue weighted by atomic mass is 10.1. The average Bonchev–Trinajstić information content (AvgIpc) is 2.74. The molecule has 0 aromatic rings. The molecule has 0 spiro atoms. The number of aliphatic carboxylic acids is 1. The predicted octanol–water partition coefficient (Wildman–Crippen LogP) is -0.761. The molecule has 1 fully saturated rings. The van der Waals surface area contributed by atoms with Crippen LogP contribution in [0.1, 0.15) is 26.7 Å². The maximum atomic E-state index is 11.5. The number of hydrogen-bond acceptors (Lipinski definition) is 4. The van der Waals surface area contributed by atoms with Crippen LogP contribution in [0.2, 0.25) is 0 Å². The van der Waals surface area contributed by atoms with Gasteiger partial charge in [0.05, 0.1) is 18.1 Å². The van der Waals surface area contributed by atoms with E-state index >= 15 is 0 Å². The third-order valence-corrected chi connectivity index (χ3v) is 2.72. The van der Waals surface area contributed by atoms with Crippen molar-refractivity contribution in [2.75, 3.05) is 13.2 Å². The normalized spacial score (nSPS) is 21.2. The molecule has 0 aromatic heterocycles. The summed E-state index contributed by atoms with van der Waals surface area (Å²) >= 11 is 0. The van der Waals surface area contributed by atoms with Crippen molar-refractivity contribution in [1.29, 1.82) is 0 Å². The topological polar surface area (TPSA) is 90.5 Å². The van der Waals surface area contributed by atoms with Crippen LogP contribution in [0.4, 0.5) is 4.79 Å². The van der Waals surface area contributed by atoms with E-state index in [2.05, 4.69) is 10.6 Å². The number of carboxylic acids is 1. The van der Waals surface area contributed by atoms with E-state index in [9.17, 15) is 14.7 Å². The molecule has 6 heteroatoms. The first-order chi connectivity index (χ1) is 8.00. The maximum absolute atomic E-state index is 11.5. The molecule has 2 amide bonds. The number of hydrogen-bond donors (Lipinski definition) is 2. The molecule has 0 aliphatic carbocycles. The molecule has 0 bridgehead atoms. The number of carbonyl (C=O) groups excluding carboxylic acids is 2. The third kappa shape index (κ3) is 4.60. The van der Waals surface area contributed by atoms with E-state index in [0.29, 0.717) is 6.54 Å². The van der Waals surface area contributed by atoms with Gasteiger partial charge in [-0.25, -0.2) is 4.79 Å². The summed E-state index contributed by atoms with van der Waals surface area (Å²) in [6.07, 6.45) is 1.97. The Labute approximate surface area is 101 Å². The quantitative estimate of drug-likeness (QED) is 0.664. The molecule has 0 saturated carbocycles. The van der Waals surface area contributed by atoms with Crippen LogP contribution in [0.3, 0.4) is 0 Å². The molecule has 0 aromatic carbocycles. The van der Waals surface area contributed by atoms with E-state index in [0.717, 1.165) is 19.4 Å². The van der Waals surface area contributed by atoms with Crippen molar-refractivity contribution in [2.45, 2.75) is 38.8 Å². The maximum Gasteiger partial charge on any atom is 0.315 e. The number of nitrogens with one attached hydrogen (secondary N) is 2. The van der Waals surface area contributed by atoms with Crippen LogP contribution >= 0.6 is 0 Å². The minimum atomic E-state index is -1.27. The third-order valence-electron chi connectivity index (χ3n) is 2.72. The summed E-state index contributed by atoms with van der Waals surface area (Å²) in [5, 5.41) is 15.7. The van der Waals surface area contributed by atoms with Gasteiger partial charge in [0, 0.05) is 13.2 Å². The van der Waals surface area contributed by atoms with E-state index in [1.54, 1.807) is 13.8 Å². The van der Waals surface area contributed by atoms with Crippen molar-refractivity contribution in [2.24, 2.45) is 5.92 Å². The first-order valence-electron chi connectivity index (χ1n) is 5.87. The van der Waals surface area contributed by atoms with Crippen LogP contribution in [0, 0.1) is 5.92 Å². The van der Waals surface area contributed by atoms with Gasteiger partial charge in [0.2, 0.25) is 0 Å². The van der Waals surface area contributed by atoms with Crippen LogP contribution < -0.4 is 15.7 Å². The molecular weight excluding hydrogens is 224 g/mol. The number of rotatable bonds is 5. The Kier molecular flexibility index (Phi) is 5.21. The van der Waals surface area contributed by atoms with Crippen molar-refractivity contribution >= 4 is 12.0 Å². The van der Waals surface area contributed by atoms with Gasteiger partial charge in [-0.1, -0.05) is 13.8 Å². The van der Waals surface area contributed by atoms with Crippen LogP contribution in [-0.2, 0) is 9.53 Å². The average molecular weight is 243 g/mol. The Balaban J connectivity index is 2.29. The molecule has 0 unspecified atom stereocenters. The van der Waals surface area contributed by atoms with Gasteiger partial charge in [-0.05, 0) is 18.8 Å². The number of amides is 2. The monoisotopic (exact) mass is 243 g/mol. The fourth-order valence-corrected chi connectivity index (χ4v) is 1.70. The summed E-state index contributed by atoms with van der Waals surface area (Å²) in [5.74, 6) is -1.49. The Hall–Kier alpha value is -1.30. The molecule has 0 radical (unpaired) electrons. The Morgan fingerprint density at radius 2 is 2.18 bits per heavy atom. The minimum absolute atomic E-state index is 0.0428. The smallest absolute Gasteiger partial charge is 0.315 e. The fourth-order valence-electron chi connectivity index (χ4n) is 1.70. The van der Waals surface area contributed by atoms with Gasteiger partial charge >= 0.3 is 6.03 Å². The second-order valence-corrected chi connectivity index (χ2v) is 4.53. The van der Waals surface area contributed by atoms with Crippen molar-refractivity contribution in [3.05, 3.63) is 0 Å². The number of urea groups is 1. The van der Waals surface area contributed by atoms with Crippen molar-refractivity contribution in [3.63, 3.8) is 0 Å². The molecule has 2 N–H and O–H groups in total. The molecule has 1 saturated heterocycles. The summed E-state index contributed by atoms with van der Waals surface area (Å²) in [5.41, 5.74) is 0. The number of carboxylic acid groups (broad SMARTS) is 1. The fraction of sp³-hybridized carbons (Fsp3) is 0.818. The largest absolute Gasteiger partial charge is 0.548 e. The highest BCUT2D eigenvalue weighted by atomic mass is 16.5. The highest BCUT2D eigenvalue weighted by Gasteiger charge is 2.19. The van der Waals surface area contributed by atoms with Crippen molar-refractivity contribution in [3.8, 4) is 0 Å². The van der Waals surface area contributed by atoms with Gasteiger partial charge in [0.25, 0.3) is 0 Å². The summed E-state index contributed by atoms with van der Waals surface area (Å²) in [6.45, 7) is 4.55. The van der Waals surface area contributed by atoms with E-state index < -0.39 is 18.0 Å². The predicted molar refractivity (Wildman–Crippen MR) is 59.1 cm³/mol. The van der Waals surface area contributed by atoms with Crippen molar-refractivity contribution in [1.82, 2.24) is 10.6 Å². The molecule has 17 heavy (non-hydrogen) atoms. The first-order valence-corrected chi connectivity index (χ1v) is 5.87.